The van der Waals surface area contributed by atoms with Gasteiger partial charge in [0.2, 0.25) is 11.8 Å². The number of likely N-dealkylation sites (tertiary alicyclic amines) is 1. The maximum Gasteiger partial charge on any atom is 0.226 e. The molecule has 7 heteroatoms. The van der Waals surface area contributed by atoms with Gasteiger partial charge < -0.3 is 9.42 Å². The minimum Gasteiger partial charge on any atom is -0.339 e. The van der Waals surface area contributed by atoms with Gasteiger partial charge in [-0.25, -0.2) is 0 Å². The first kappa shape index (κ1) is 15.7. The lowest BCUT2D eigenvalue weighted by atomic mass is 10.2. The van der Waals surface area contributed by atoms with Crippen molar-refractivity contribution in [2.75, 3.05) is 6.54 Å². The molecule has 1 saturated heterocycles. The van der Waals surface area contributed by atoms with Gasteiger partial charge in [0.05, 0.1) is 18.8 Å². The molecule has 0 radical (unpaired) electrons. The molecule has 0 saturated carbocycles. The van der Waals surface area contributed by atoms with Crippen molar-refractivity contribution in [1.82, 2.24) is 24.8 Å². The number of rotatable bonds is 6. The van der Waals surface area contributed by atoms with Gasteiger partial charge >= 0.3 is 0 Å². The van der Waals surface area contributed by atoms with Crippen LogP contribution in [0.1, 0.15) is 43.0 Å². The number of hydrogen-bond acceptors (Lipinski definition) is 5. The zero-order valence-electron chi connectivity index (χ0n) is 13.7. The fourth-order valence-electron chi connectivity index (χ4n) is 3.11. The van der Waals surface area contributed by atoms with Crippen LogP contribution in [0.2, 0.25) is 0 Å². The van der Waals surface area contributed by atoms with Crippen LogP contribution in [0.5, 0.6) is 0 Å². The van der Waals surface area contributed by atoms with Crippen molar-refractivity contribution in [2.45, 2.75) is 58.5 Å². The van der Waals surface area contributed by atoms with Crippen LogP contribution in [0, 0.1) is 13.8 Å². The number of carbonyl (C=O) groups excluding carboxylic acids is 1. The van der Waals surface area contributed by atoms with Crippen LogP contribution in [-0.2, 0) is 17.8 Å². The van der Waals surface area contributed by atoms with Crippen LogP contribution < -0.4 is 0 Å². The first-order valence-electron chi connectivity index (χ1n) is 8.19. The van der Waals surface area contributed by atoms with Crippen molar-refractivity contribution in [3.05, 3.63) is 29.7 Å². The van der Waals surface area contributed by atoms with Crippen molar-refractivity contribution >= 4 is 5.91 Å². The molecule has 0 aliphatic carbocycles. The Kier molecular flexibility index (Phi) is 4.73. The van der Waals surface area contributed by atoms with Gasteiger partial charge in [-0.2, -0.15) is 10.1 Å². The van der Waals surface area contributed by atoms with Crippen LogP contribution >= 0.6 is 0 Å². The largest absolute Gasteiger partial charge is 0.339 e. The Morgan fingerprint density at radius 2 is 2.30 bits per heavy atom. The Labute approximate surface area is 135 Å². The van der Waals surface area contributed by atoms with Crippen molar-refractivity contribution < 1.29 is 9.32 Å². The molecule has 0 N–H and O–H groups in total. The molecule has 1 amide bonds. The van der Waals surface area contributed by atoms with E-state index in [1.807, 2.05) is 28.9 Å². The molecule has 124 valence electrons. The third-order valence-corrected chi connectivity index (χ3v) is 4.21. The van der Waals surface area contributed by atoms with Crippen molar-refractivity contribution in [3.63, 3.8) is 0 Å². The number of amides is 1. The Hall–Kier alpha value is -2.18. The van der Waals surface area contributed by atoms with E-state index in [0.29, 0.717) is 24.6 Å². The third-order valence-electron chi connectivity index (χ3n) is 4.21. The Balaban J connectivity index is 1.49. The van der Waals surface area contributed by atoms with E-state index in [2.05, 4.69) is 15.2 Å². The van der Waals surface area contributed by atoms with E-state index >= 15 is 0 Å². The highest BCUT2D eigenvalue weighted by Gasteiger charge is 2.28. The SMILES string of the molecule is Cc1cnn(C[C@H]2CCCN2C(=O)CCCc2nc(C)no2)c1. The summed E-state index contributed by atoms with van der Waals surface area (Å²) in [7, 11) is 0. The monoisotopic (exact) mass is 317 g/mol. The van der Waals surface area contributed by atoms with Gasteiger partial charge in [0.15, 0.2) is 5.82 Å². The predicted molar refractivity (Wildman–Crippen MR) is 83.7 cm³/mol. The molecule has 3 heterocycles. The van der Waals surface area contributed by atoms with Crippen LogP contribution in [0.15, 0.2) is 16.9 Å². The fourth-order valence-corrected chi connectivity index (χ4v) is 3.11. The summed E-state index contributed by atoms with van der Waals surface area (Å²) in [5.74, 6) is 1.47. The van der Waals surface area contributed by atoms with Gasteiger partial charge in [0.1, 0.15) is 0 Å². The lowest BCUT2D eigenvalue weighted by molar-refractivity contribution is -0.132. The van der Waals surface area contributed by atoms with Gasteiger partial charge in [-0.3, -0.25) is 9.48 Å². The zero-order valence-corrected chi connectivity index (χ0v) is 13.7. The van der Waals surface area contributed by atoms with Crippen LogP contribution in [0.25, 0.3) is 0 Å². The summed E-state index contributed by atoms with van der Waals surface area (Å²) in [6, 6.07) is 0.257. The fraction of sp³-hybridized carbons (Fsp3) is 0.625. The van der Waals surface area contributed by atoms with Crippen LogP contribution in [0.3, 0.4) is 0 Å². The van der Waals surface area contributed by atoms with E-state index in [0.717, 1.165) is 37.9 Å². The van der Waals surface area contributed by atoms with Gasteiger partial charge in [-0.05, 0) is 38.7 Å². The summed E-state index contributed by atoms with van der Waals surface area (Å²) in [5.41, 5.74) is 1.15. The van der Waals surface area contributed by atoms with Crippen LogP contribution in [-0.4, -0.2) is 43.3 Å². The molecule has 0 bridgehead atoms. The molecular weight excluding hydrogens is 294 g/mol. The summed E-state index contributed by atoms with van der Waals surface area (Å²) in [5, 5.41) is 8.09. The van der Waals surface area contributed by atoms with E-state index in [1.54, 1.807) is 6.92 Å². The number of aromatic nitrogens is 4. The summed E-state index contributed by atoms with van der Waals surface area (Å²) >= 11 is 0. The number of carbonyl (C=O) groups is 1. The highest BCUT2D eigenvalue weighted by atomic mass is 16.5. The minimum atomic E-state index is 0.215. The Morgan fingerprint density at radius 1 is 1.43 bits per heavy atom. The summed E-state index contributed by atoms with van der Waals surface area (Å²) in [6.07, 6.45) is 7.92. The molecule has 3 rings (SSSR count). The predicted octanol–water partition coefficient (Wildman–Crippen LogP) is 1.90. The molecule has 1 aliphatic heterocycles. The van der Waals surface area contributed by atoms with Crippen molar-refractivity contribution in [3.8, 4) is 0 Å². The molecule has 7 nitrogen and oxygen atoms in total. The van der Waals surface area contributed by atoms with E-state index in [1.165, 1.54) is 0 Å². The molecule has 0 aromatic carbocycles. The third kappa shape index (κ3) is 3.97. The normalized spacial score (nSPS) is 17.8. The van der Waals surface area contributed by atoms with Gasteiger partial charge in [0, 0.05) is 25.6 Å². The molecule has 2 aromatic rings. The molecule has 0 spiro atoms. The van der Waals surface area contributed by atoms with Crippen molar-refractivity contribution in [2.24, 2.45) is 0 Å². The van der Waals surface area contributed by atoms with E-state index in [9.17, 15) is 4.79 Å². The Bertz CT molecular complexity index is 663. The van der Waals surface area contributed by atoms with Crippen molar-refractivity contribution in [1.29, 1.82) is 0 Å². The van der Waals surface area contributed by atoms with Crippen LogP contribution in [0.4, 0.5) is 0 Å². The van der Waals surface area contributed by atoms with E-state index in [4.69, 9.17) is 4.52 Å². The van der Waals surface area contributed by atoms with Gasteiger partial charge in [-0.1, -0.05) is 5.16 Å². The second-order valence-corrected chi connectivity index (χ2v) is 6.21. The smallest absolute Gasteiger partial charge is 0.226 e. The molecule has 0 unspecified atom stereocenters. The molecule has 1 aliphatic rings. The zero-order chi connectivity index (χ0) is 16.2. The molecular formula is C16H23N5O2. The lowest BCUT2D eigenvalue weighted by Gasteiger charge is -2.24. The van der Waals surface area contributed by atoms with Gasteiger partial charge in [0.25, 0.3) is 0 Å². The first-order chi connectivity index (χ1) is 11.1. The van der Waals surface area contributed by atoms with Gasteiger partial charge in [-0.15, -0.1) is 0 Å². The highest BCUT2D eigenvalue weighted by Crippen LogP contribution is 2.20. The average Bonchev–Trinajstić information content (AvgIpc) is 3.22. The standard InChI is InChI=1S/C16H23N5O2/c1-12-9-17-20(10-12)11-14-5-4-8-21(14)16(22)7-3-6-15-18-13(2)19-23-15/h9-10,14H,3-8,11H2,1-2H3/t14-/m1/s1. The maximum atomic E-state index is 12.5. The highest BCUT2D eigenvalue weighted by molar-refractivity contribution is 5.76. The van der Waals surface area contributed by atoms with E-state index < -0.39 is 0 Å². The number of nitrogens with zero attached hydrogens (tertiary/aromatic N) is 5. The number of aryl methyl sites for hydroxylation is 3. The van der Waals surface area contributed by atoms with E-state index in [-0.39, 0.29) is 11.9 Å². The lowest BCUT2D eigenvalue weighted by Crippen LogP contribution is -2.38. The molecule has 2 aromatic heterocycles. The summed E-state index contributed by atoms with van der Waals surface area (Å²) in [6.45, 7) is 5.45. The minimum absolute atomic E-state index is 0.215. The first-order valence-corrected chi connectivity index (χ1v) is 8.19. The Morgan fingerprint density at radius 3 is 3.00 bits per heavy atom. The molecule has 1 fully saturated rings. The molecule has 1 atom stereocenters. The maximum absolute atomic E-state index is 12.5. The second-order valence-electron chi connectivity index (χ2n) is 6.21. The topological polar surface area (TPSA) is 77.1 Å². The molecule has 23 heavy (non-hydrogen) atoms. The quantitative estimate of drug-likeness (QED) is 0.813. The second kappa shape index (κ2) is 6.93. The summed E-state index contributed by atoms with van der Waals surface area (Å²) in [4.78, 5) is 18.7. The average molecular weight is 317 g/mol. The summed E-state index contributed by atoms with van der Waals surface area (Å²) < 4.78 is 7.01. The number of hydrogen-bond donors (Lipinski definition) is 0.